The van der Waals surface area contributed by atoms with Crippen LogP contribution in [0.25, 0.3) is 0 Å². The van der Waals surface area contributed by atoms with Crippen molar-refractivity contribution in [3.8, 4) is 5.75 Å². The van der Waals surface area contributed by atoms with Gasteiger partial charge >= 0.3 is 5.97 Å². The van der Waals surface area contributed by atoms with E-state index in [2.05, 4.69) is 0 Å². The van der Waals surface area contributed by atoms with E-state index in [4.69, 9.17) is 9.47 Å². The van der Waals surface area contributed by atoms with Crippen molar-refractivity contribution in [2.24, 2.45) is 0 Å². The average Bonchev–Trinajstić information content (AvgIpc) is 2.63. The van der Waals surface area contributed by atoms with Crippen molar-refractivity contribution in [1.82, 2.24) is 4.31 Å². The molecule has 26 heavy (non-hydrogen) atoms. The number of halogens is 2. The molecule has 0 aromatic heterocycles. The third-order valence-corrected chi connectivity index (χ3v) is 5.71. The fourth-order valence-corrected chi connectivity index (χ4v) is 3.84. The standard InChI is InChI=1S/C17H15F2NO5S/c18-12-1-6-15(16(19)11-12)17(21)25-13-2-4-14(5-3-13)26(22,23)20-7-9-24-10-8-20/h1-6,11H,7-10H2. The fourth-order valence-electron chi connectivity index (χ4n) is 2.43. The molecular formula is C17H15F2NO5S. The fraction of sp³-hybridized carbons (Fsp3) is 0.235. The molecule has 2 aromatic rings. The van der Waals surface area contributed by atoms with Gasteiger partial charge in [-0.15, -0.1) is 0 Å². The van der Waals surface area contributed by atoms with E-state index < -0.39 is 33.2 Å². The molecule has 6 nitrogen and oxygen atoms in total. The van der Waals surface area contributed by atoms with Crippen LogP contribution in [0.2, 0.25) is 0 Å². The zero-order valence-electron chi connectivity index (χ0n) is 13.5. The van der Waals surface area contributed by atoms with Crippen molar-refractivity contribution in [2.75, 3.05) is 26.3 Å². The average molecular weight is 383 g/mol. The number of nitrogens with zero attached hydrogens (tertiary/aromatic N) is 1. The van der Waals surface area contributed by atoms with Crippen molar-refractivity contribution in [3.63, 3.8) is 0 Å². The molecule has 0 aliphatic carbocycles. The minimum Gasteiger partial charge on any atom is -0.423 e. The number of hydrogen-bond donors (Lipinski definition) is 0. The molecule has 1 aliphatic heterocycles. The number of carbonyl (C=O) groups is 1. The maximum absolute atomic E-state index is 13.6. The molecule has 0 radical (unpaired) electrons. The minimum atomic E-state index is -3.66. The van der Waals surface area contributed by atoms with Gasteiger partial charge in [0.15, 0.2) is 0 Å². The summed E-state index contributed by atoms with van der Waals surface area (Å²) < 4.78 is 62.9. The number of morpholine rings is 1. The van der Waals surface area contributed by atoms with Crippen LogP contribution in [0.3, 0.4) is 0 Å². The Morgan fingerprint density at radius 3 is 2.31 bits per heavy atom. The largest absolute Gasteiger partial charge is 0.423 e. The van der Waals surface area contributed by atoms with E-state index in [-0.39, 0.29) is 23.7 Å². The summed E-state index contributed by atoms with van der Waals surface area (Å²) in [5.74, 6) is -2.82. The highest BCUT2D eigenvalue weighted by Gasteiger charge is 2.26. The Balaban J connectivity index is 1.74. The van der Waals surface area contributed by atoms with Gasteiger partial charge in [0, 0.05) is 19.2 Å². The van der Waals surface area contributed by atoms with Crippen LogP contribution < -0.4 is 4.74 Å². The molecule has 0 saturated carbocycles. The summed E-state index contributed by atoms with van der Waals surface area (Å²) in [5, 5.41) is 0. The van der Waals surface area contributed by atoms with Crippen LogP contribution in [-0.4, -0.2) is 45.0 Å². The Morgan fingerprint density at radius 2 is 1.69 bits per heavy atom. The molecule has 0 amide bonds. The molecule has 1 aliphatic rings. The molecule has 2 aromatic carbocycles. The van der Waals surface area contributed by atoms with E-state index in [1.807, 2.05) is 0 Å². The highest BCUT2D eigenvalue weighted by atomic mass is 32.2. The molecule has 1 fully saturated rings. The lowest BCUT2D eigenvalue weighted by atomic mass is 10.2. The maximum atomic E-state index is 13.6. The Labute approximate surface area is 149 Å². The van der Waals surface area contributed by atoms with E-state index in [0.29, 0.717) is 19.3 Å². The molecule has 9 heteroatoms. The topological polar surface area (TPSA) is 72.9 Å². The van der Waals surface area contributed by atoms with Crippen LogP contribution in [0, 0.1) is 11.6 Å². The van der Waals surface area contributed by atoms with Gasteiger partial charge in [-0.2, -0.15) is 4.31 Å². The molecule has 0 spiro atoms. The van der Waals surface area contributed by atoms with Crippen LogP contribution in [0.15, 0.2) is 47.4 Å². The summed E-state index contributed by atoms with van der Waals surface area (Å²) in [5.41, 5.74) is -0.420. The van der Waals surface area contributed by atoms with Crippen LogP contribution in [-0.2, 0) is 14.8 Å². The molecule has 0 atom stereocenters. The molecule has 0 unspecified atom stereocenters. The zero-order valence-corrected chi connectivity index (χ0v) is 14.3. The summed E-state index contributed by atoms with van der Waals surface area (Å²) in [6.45, 7) is 1.20. The third-order valence-electron chi connectivity index (χ3n) is 3.79. The number of hydrogen-bond acceptors (Lipinski definition) is 5. The van der Waals surface area contributed by atoms with Gasteiger partial charge in [-0.05, 0) is 36.4 Å². The maximum Gasteiger partial charge on any atom is 0.346 e. The third kappa shape index (κ3) is 3.90. The van der Waals surface area contributed by atoms with E-state index in [1.54, 1.807) is 0 Å². The first-order valence-electron chi connectivity index (χ1n) is 7.73. The highest BCUT2D eigenvalue weighted by Crippen LogP contribution is 2.21. The SMILES string of the molecule is O=C(Oc1ccc(S(=O)(=O)N2CCOCC2)cc1)c1ccc(F)cc1F. The Hall–Kier alpha value is -2.36. The summed E-state index contributed by atoms with van der Waals surface area (Å²) in [4.78, 5) is 12.0. The smallest absolute Gasteiger partial charge is 0.346 e. The van der Waals surface area contributed by atoms with Crippen LogP contribution >= 0.6 is 0 Å². The van der Waals surface area contributed by atoms with E-state index in [0.717, 1.165) is 12.1 Å². The Morgan fingerprint density at radius 1 is 1.04 bits per heavy atom. The lowest BCUT2D eigenvalue weighted by Gasteiger charge is -2.26. The minimum absolute atomic E-state index is 0.0413. The van der Waals surface area contributed by atoms with Gasteiger partial charge in [0.05, 0.1) is 23.7 Å². The molecule has 1 saturated heterocycles. The number of benzene rings is 2. The predicted molar refractivity (Wildman–Crippen MR) is 87.3 cm³/mol. The van der Waals surface area contributed by atoms with Crippen LogP contribution in [0.1, 0.15) is 10.4 Å². The van der Waals surface area contributed by atoms with Crippen molar-refractivity contribution in [1.29, 1.82) is 0 Å². The monoisotopic (exact) mass is 383 g/mol. The van der Waals surface area contributed by atoms with Gasteiger partial charge in [0.2, 0.25) is 10.0 Å². The Bertz CT molecular complexity index is 909. The van der Waals surface area contributed by atoms with E-state index >= 15 is 0 Å². The number of ether oxygens (including phenoxy) is 2. The number of sulfonamides is 1. The molecule has 0 N–H and O–H groups in total. The number of carbonyl (C=O) groups excluding carboxylic acids is 1. The molecule has 1 heterocycles. The number of rotatable bonds is 4. The lowest BCUT2D eigenvalue weighted by Crippen LogP contribution is -2.40. The van der Waals surface area contributed by atoms with E-state index in [1.165, 1.54) is 28.6 Å². The molecule has 0 bridgehead atoms. The van der Waals surface area contributed by atoms with Gasteiger partial charge < -0.3 is 9.47 Å². The summed E-state index contributed by atoms with van der Waals surface area (Å²) in [6.07, 6.45) is 0. The van der Waals surface area contributed by atoms with Crippen LogP contribution in [0.5, 0.6) is 5.75 Å². The number of esters is 1. The second-order valence-electron chi connectivity index (χ2n) is 5.50. The van der Waals surface area contributed by atoms with Gasteiger partial charge in [0.25, 0.3) is 0 Å². The molecular weight excluding hydrogens is 368 g/mol. The highest BCUT2D eigenvalue weighted by molar-refractivity contribution is 7.89. The molecule has 3 rings (SSSR count). The van der Waals surface area contributed by atoms with Gasteiger partial charge in [0.1, 0.15) is 17.4 Å². The normalized spacial score (nSPS) is 15.6. The van der Waals surface area contributed by atoms with Crippen molar-refractivity contribution in [2.45, 2.75) is 4.90 Å². The van der Waals surface area contributed by atoms with Gasteiger partial charge in [-0.3, -0.25) is 0 Å². The zero-order chi connectivity index (χ0) is 18.7. The summed E-state index contributed by atoms with van der Waals surface area (Å²) in [7, 11) is -3.66. The first-order valence-corrected chi connectivity index (χ1v) is 9.17. The second kappa shape index (κ2) is 7.48. The second-order valence-corrected chi connectivity index (χ2v) is 7.44. The van der Waals surface area contributed by atoms with Crippen LogP contribution in [0.4, 0.5) is 8.78 Å². The molecule has 138 valence electrons. The lowest BCUT2D eigenvalue weighted by molar-refractivity contribution is 0.0727. The first kappa shape index (κ1) is 18.4. The summed E-state index contributed by atoms with van der Waals surface area (Å²) >= 11 is 0. The Kier molecular flexibility index (Phi) is 5.30. The van der Waals surface area contributed by atoms with Crippen molar-refractivity contribution < 1.29 is 31.5 Å². The quantitative estimate of drug-likeness (QED) is 0.598. The summed E-state index contributed by atoms with van der Waals surface area (Å²) in [6, 6.07) is 7.69. The van der Waals surface area contributed by atoms with Gasteiger partial charge in [-0.25, -0.2) is 22.0 Å². The predicted octanol–water partition coefficient (Wildman–Crippen LogP) is 2.20. The first-order chi connectivity index (χ1) is 12.4. The van der Waals surface area contributed by atoms with Crippen molar-refractivity contribution in [3.05, 3.63) is 59.7 Å². The van der Waals surface area contributed by atoms with Gasteiger partial charge in [-0.1, -0.05) is 0 Å². The van der Waals surface area contributed by atoms with E-state index in [9.17, 15) is 22.0 Å². The van der Waals surface area contributed by atoms with Crippen molar-refractivity contribution >= 4 is 16.0 Å².